The summed E-state index contributed by atoms with van der Waals surface area (Å²) in [6.07, 6.45) is 2.76. The molecule has 2 heterocycles. The number of unbranched alkanes of at least 4 members (excludes halogenated alkanes) is 1. The maximum atomic E-state index is 12.6. The van der Waals surface area contributed by atoms with Gasteiger partial charge in [-0.25, -0.2) is 0 Å². The molecule has 2 rings (SSSR count). The van der Waals surface area contributed by atoms with Crippen molar-refractivity contribution in [2.45, 2.75) is 39.2 Å². The van der Waals surface area contributed by atoms with E-state index < -0.39 is 0 Å². The number of carbonyl (C=O) groups is 2. The Hall–Kier alpha value is -1.36. The lowest BCUT2D eigenvalue weighted by Gasteiger charge is -2.39. The first kappa shape index (κ1) is 15.0. The van der Waals surface area contributed by atoms with E-state index in [1.165, 1.54) is 11.3 Å². The van der Waals surface area contributed by atoms with Crippen LogP contribution in [0.15, 0.2) is 12.1 Å². The zero-order valence-corrected chi connectivity index (χ0v) is 13.2. The fraction of sp³-hybridized carbons (Fsp3) is 0.600. The average molecular weight is 294 g/mol. The van der Waals surface area contributed by atoms with Crippen molar-refractivity contribution in [3.63, 3.8) is 0 Å². The summed E-state index contributed by atoms with van der Waals surface area (Å²) in [6, 6.07) is 3.53. The van der Waals surface area contributed by atoms with Gasteiger partial charge in [0.25, 0.3) is 5.91 Å². The first-order valence-corrected chi connectivity index (χ1v) is 7.98. The molecule has 0 saturated carbocycles. The van der Waals surface area contributed by atoms with Crippen molar-refractivity contribution in [1.82, 2.24) is 9.80 Å². The number of nitrogens with zero attached hydrogens (tertiary/aromatic N) is 2. The number of amides is 2. The molecule has 1 saturated heterocycles. The summed E-state index contributed by atoms with van der Waals surface area (Å²) in [7, 11) is 1.82. The van der Waals surface area contributed by atoms with E-state index in [0.29, 0.717) is 13.1 Å². The molecule has 1 fully saturated rings. The average Bonchev–Trinajstić information content (AvgIpc) is 2.86. The Morgan fingerprint density at radius 1 is 1.40 bits per heavy atom. The van der Waals surface area contributed by atoms with E-state index in [9.17, 15) is 9.59 Å². The highest BCUT2D eigenvalue weighted by Crippen LogP contribution is 2.22. The van der Waals surface area contributed by atoms with Crippen LogP contribution >= 0.6 is 11.3 Å². The minimum Gasteiger partial charge on any atom is -0.342 e. The monoisotopic (exact) mass is 294 g/mol. The molecule has 1 aliphatic rings. The SMILES string of the molecule is CCCC[C@@H]1C(=O)N(C)CCN1C(=O)c1ccc(C)s1. The molecule has 0 radical (unpaired) electrons. The first-order valence-electron chi connectivity index (χ1n) is 7.17. The van der Waals surface area contributed by atoms with E-state index in [1.54, 1.807) is 9.80 Å². The number of carbonyl (C=O) groups excluding carboxylic acids is 2. The Balaban J connectivity index is 2.18. The second-order valence-electron chi connectivity index (χ2n) is 5.33. The smallest absolute Gasteiger partial charge is 0.264 e. The van der Waals surface area contributed by atoms with Crippen LogP contribution < -0.4 is 0 Å². The van der Waals surface area contributed by atoms with E-state index in [2.05, 4.69) is 6.92 Å². The normalized spacial score (nSPS) is 19.6. The maximum Gasteiger partial charge on any atom is 0.264 e. The number of aryl methyl sites for hydroxylation is 1. The molecule has 4 nitrogen and oxygen atoms in total. The van der Waals surface area contributed by atoms with Crippen LogP contribution in [0.4, 0.5) is 0 Å². The van der Waals surface area contributed by atoms with Gasteiger partial charge in [-0.3, -0.25) is 9.59 Å². The van der Waals surface area contributed by atoms with E-state index in [4.69, 9.17) is 0 Å². The molecule has 1 aromatic rings. The molecule has 110 valence electrons. The highest BCUT2D eigenvalue weighted by Gasteiger charge is 2.36. The number of rotatable bonds is 4. The quantitative estimate of drug-likeness (QED) is 0.856. The number of likely N-dealkylation sites (N-methyl/N-ethyl adjacent to an activating group) is 1. The van der Waals surface area contributed by atoms with Gasteiger partial charge in [-0.1, -0.05) is 19.8 Å². The Kier molecular flexibility index (Phi) is 4.81. The van der Waals surface area contributed by atoms with Crippen molar-refractivity contribution in [3.8, 4) is 0 Å². The minimum absolute atomic E-state index is 0.00523. The molecular weight excluding hydrogens is 272 g/mol. The zero-order chi connectivity index (χ0) is 14.7. The molecule has 5 heteroatoms. The number of hydrogen-bond donors (Lipinski definition) is 0. The molecule has 0 aliphatic carbocycles. The summed E-state index contributed by atoms with van der Waals surface area (Å²) in [5, 5.41) is 0. The lowest BCUT2D eigenvalue weighted by Crippen LogP contribution is -2.57. The third kappa shape index (κ3) is 3.03. The second-order valence-corrected chi connectivity index (χ2v) is 6.61. The third-order valence-corrected chi connectivity index (χ3v) is 4.75. The van der Waals surface area contributed by atoms with Crippen LogP contribution in [0, 0.1) is 6.92 Å². The standard InChI is InChI=1S/C15H22N2O2S/c1-4-5-6-12-14(18)16(3)9-10-17(12)15(19)13-8-7-11(2)20-13/h7-8,12H,4-6,9-10H2,1-3H3/t12-/m1/s1. The summed E-state index contributed by atoms with van der Waals surface area (Å²) >= 11 is 1.50. The van der Waals surface area contributed by atoms with Crippen molar-refractivity contribution in [3.05, 3.63) is 21.9 Å². The fourth-order valence-electron chi connectivity index (χ4n) is 2.52. The molecule has 0 aromatic carbocycles. The van der Waals surface area contributed by atoms with Crippen LogP contribution in [0.1, 0.15) is 40.7 Å². The van der Waals surface area contributed by atoms with E-state index in [0.717, 1.165) is 29.0 Å². The van der Waals surface area contributed by atoms with Crippen LogP contribution in [0.5, 0.6) is 0 Å². The molecule has 20 heavy (non-hydrogen) atoms. The summed E-state index contributed by atoms with van der Waals surface area (Å²) in [6.45, 7) is 5.35. The van der Waals surface area contributed by atoms with Gasteiger partial charge in [0.05, 0.1) is 4.88 Å². The van der Waals surface area contributed by atoms with Gasteiger partial charge in [-0.15, -0.1) is 11.3 Å². The van der Waals surface area contributed by atoms with Gasteiger partial charge >= 0.3 is 0 Å². The molecule has 0 spiro atoms. The van der Waals surface area contributed by atoms with Crippen LogP contribution in [0.3, 0.4) is 0 Å². The molecule has 1 aromatic heterocycles. The maximum absolute atomic E-state index is 12.6. The van der Waals surface area contributed by atoms with Gasteiger partial charge in [-0.2, -0.15) is 0 Å². The Morgan fingerprint density at radius 2 is 2.15 bits per heavy atom. The lowest BCUT2D eigenvalue weighted by molar-refractivity contribution is -0.138. The molecule has 2 amide bonds. The predicted octanol–water partition coefficient (Wildman–Crippen LogP) is 2.53. The van der Waals surface area contributed by atoms with Crippen LogP contribution in [-0.4, -0.2) is 47.8 Å². The van der Waals surface area contributed by atoms with Crippen molar-refractivity contribution in [2.24, 2.45) is 0 Å². The second kappa shape index (κ2) is 6.39. The van der Waals surface area contributed by atoms with Crippen molar-refractivity contribution < 1.29 is 9.59 Å². The molecule has 1 aliphatic heterocycles. The van der Waals surface area contributed by atoms with Crippen LogP contribution in [-0.2, 0) is 4.79 Å². The first-order chi connectivity index (χ1) is 9.54. The van der Waals surface area contributed by atoms with E-state index in [1.807, 2.05) is 26.1 Å². The van der Waals surface area contributed by atoms with Crippen molar-refractivity contribution >= 4 is 23.2 Å². The highest BCUT2D eigenvalue weighted by atomic mass is 32.1. The Morgan fingerprint density at radius 3 is 2.75 bits per heavy atom. The molecule has 1 atom stereocenters. The van der Waals surface area contributed by atoms with Gasteiger partial charge < -0.3 is 9.80 Å². The summed E-state index contributed by atoms with van der Waals surface area (Å²) < 4.78 is 0. The van der Waals surface area contributed by atoms with E-state index in [-0.39, 0.29) is 17.9 Å². The lowest BCUT2D eigenvalue weighted by atomic mass is 10.0. The molecule has 0 N–H and O–H groups in total. The van der Waals surface area contributed by atoms with Crippen molar-refractivity contribution in [1.29, 1.82) is 0 Å². The molecule has 0 bridgehead atoms. The Bertz CT molecular complexity index is 498. The molecular formula is C15H22N2O2S. The largest absolute Gasteiger partial charge is 0.342 e. The van der Waals surface area contributed by atoms with Gasteiger partial charge in [0.1, 0.15) is 6.04 Å². The van der Waals surface area contributed by atoms with E-state index >= 15 is 0 Å². The Labute approximate surface area is 124 Å². The zero-order valence-electron chi connectivity index (χ0n) is 12.4. The topological polar surface area (TPSA) is 40.6 Å². The highest BCUT2D eigenvalue weighted by molar-refractivity contribution is 7.13. The van der Waals surface area contributed by atoms with Gasteiger partial charge in [0.15, 0.2) is 0 Å². The van der Waals surface area contributed by atoms with Crippen molar-refractivity contribution in [2.75, 3.05) is 20.1 Å². The third-order valence-electron chi connectivity index (χ3n) is 3.76. The fourth-order valence-corrected chi connectivity index (χ4v) is 3.35. The van der Waals surface area contributed by atoms with Crippen LogP contribution in [0.2, 0.25) is 0 Å². The number of piperazine rings is 1. The molecule has 0 unspecified atom stereocenters. The summed E-state index contributed by atoms with van der Waals surface area (Å²) in [5.41, 5.74) is 0. The minimum atomic E-state index is -0.288. The number of thiophene rings is 1. The summed E-state index contributed by atoms with van der Waals surface area (Å²) in [4.78, 5) is 30.3. The van der Waals surface area contributed by atoms with Gasteiger partial charge in [0.2, 0.25) is 5.91 Å². The summed E-state index contributed by atoms with van der Waals surface area (Å²) in [5.74, 6) is 0.0805. The number of hydrogen-bond acceptors (Lipinski definition) is 3. The predicted molar refractivity (Wildman–Crippen MR) is 81.0 cm³/mol. The van der Waals surface area contributed by atoms with Gasteiger partial charge in [-0.05, 0) is 25.5 Å². The van der Waals surface area contributed by atoms with Crippen LogP contribution in [0.25, 0.3) is 0 Å². The van der Waals surface area contributed by atoms with Gasteiger partial charge in [0, 0.05) is 25.0 Å².